The van der Waals surface area contributed by atoms with E-state index in [1.807, 2.05) is 13.8 Å². The number of aromatic amines is 1. The van der Waals surface area contributed by atoms with Crippen LogP contribution >= 0.6 is 0 Å². The summed E-state index contributed by atoms with van der Waals surface area (Å²) in [6, 6.07) is 4.58. The minimum absolute atomic E-state index is 0.0292. The normalized spacial score (nSPS) is 16.5. The van der Waals surface area contributed by atoms with Crippen LogP contribution in [0.4, 0.5) is 5.82 Å². The summed E-state index contributed by atoms with van der Waals surface area (Å²) in [6.07, 6.45) is 10.8. The van der Waals surface area contributed by atoms with Crippen LogP contribution in [0.15, 0.2) is 47.9 Å². The molecule has 2 fully saturated rings. The maximum absolute atomic E-state index is 13.5. The summed E-state index contributed by atoms with van der Waals surface area (Å²) in [5, 5.41) is 10.2. The molecule has 0 radical (unpaired) electrons. The third-order valence-corrected chi connectivity index (χ3v) is 6.82. The summed E-state index contributed by atoms with van der Waals surface area (Å²) >= 11 is 0. The maximum Gasteiger partial charge on any atom is 0.270 e. The molecule has 184 valence electrons. The van der Waals surface area contributed by atoms with E-state index < -0.39 is 6.04 Å². The fraction of sp³-hybridized carbons (Fsp3) is 0.480. The monoisotopic (exact) mass is 477 g/mol. The fourth-order valence-electron chi connectivity index (χ4n) is 4.84. The summed E-state index contributed by atoms with van der Waals surface area (Å²) < 4.78 is 3.41. The minimum Gasteiger partial charge on any atom is -0.339 e. The zero-order valence-corrected chi connectivity index (χ0v) is 20.0. The van der Waals surface area contributed by atoms with Crippen molar-refractivity contribution in [3.8, 4) is 0 Å². The highest BCUT2D eigenvalue weighted by Crippen LogP contribution is 2.50. The van der Waals surface area contributed by atoms with Crippen LogP contribution < -0.4 is 16.2 Å². The van der Waals surface area contributed by atoms with E-state index in [2.05, 4.69) is 25.7 Å². The van der Waals surface area contributed by atoms with Crippen molar-refractivity contribution in [2.45, 2.75) is 58.2 Å². The van der Waals surface area contributed by atoms with E-state index in [1.165, 1.54) is 0 Å². The summed E-state index contributed by atoms with van der Waals surface area (Å²) in [5.41, 5.74) is 0.879. The van der Waals surface area contributed by atoms with Crippen LogP contribution in [0.2, 0.25) is 0 Å². The molecule has 35 heavy (non-hydrogen) atoms. The number of aromatic nitrogens is 5. The highest BCUT2D eigenvalue weighted by atomic mass is 16.2. The van der Waals surface area contributed by atoms with Gasteiger partial charge >= 0.3 is 0 Å². The third-order valence-electron chi connectivity index (χ3n) is 6.82. The van der Waals surface area contributed by atoms with Crippen molar-refractivity contribution in [1.29, 1.82) is 0 Å². The molecule has 2 aliphatic rings. The van der Waals surface area contributed by atoms with E-state index >= 15 is 0 Å². The number of nitrogens with one attached hydrogen (secondary N) is 3. The second kappa shape index (κ2) is 9.52. The molecule has 3 heterocycles. The summed E-state index contributed by atoms with van der Waals surface area (Å²) in [6.45, 7) is 4.26. The number of rotatable bonds is 10. The third kappa shape index (κ3) is 5.21. The Hall–Kier alpha value is -3.69. The first-order valence-corrected chi connectivity index (χ1v) is 12.2. The van der Waals surface area contributed by atoms with Crippen LogP contribution in [0.3, 0.4) is 0 Å². The molecule has 2 aliphatic carbocycles. The van der Waals surface area contributed by atoms with E-state index in [-0.39, 0.29) is 29.3 Å². The molecule has 0 unspecified atom stereocenters. The standard InChI is InChI=1S/C25H31N7O3/c1-15(2)32-19(9-11-28-32)24(34)30-22(21(16-5-6-16)17-7-8-17)25(35)29-20-13-31(14-27-20)12-18-4-3-10-26-23(18)33/h3-4,9-11,13-17,21-22H,5-8,12H2,1-2H3,(H,26,33)(H,29,35)(H,30,34)/t22-/m0/s1. The Labute approximate surface area is 203 Å². The van der Waals surface area contributed by atoms with Crippen molar-refractivity contribution in [3.05, 3.63) is 64.7 Å². The van der Waals surface area contributed by atoms with Gasteiger partial charge in [0.2, 0.25) is 5.91 Å². The van der Waals surface area contributed by atoms with Crippen LogP contribution in [-0.4, -0.2) is 42.2 Å². The first-order valence-electron chi connectivity index (χ1n) is 12.2. The van der Waals surface area contributed by atoms with Gasteiger partial charge in [-0.1, -0.05) is 6.07 Å². The molecule has 3 aromatic rings. The van der Waals surface area contributed by atoms with Gasteiger partial charge in [-0.2, -0.15) is 5.10 Å². The topological polar surface area (TPSA) is 127 Å². The van der Waals surface area contributed by atoms with Crippen LogP contribution in [0.5, 0.6) is 0 Å². The molecule has 3 N–H and O–H groups in total. The molecule has 2 amide bonds. The molecule has 0 bridgehead atoms. The Morgan fingerprint density at radius 3 is 2.57 bits per heavy atom. The molecule has 5 rings (SSSR count). The molecule has 1 atom stereocenters. The first-order chi connectivity index (χ1) is 16.9. The van der Waals surface area contributed by atoms with Crippen molar-refractivity contribution in [2.24, 2.45) is 17.8 Å². The van der Waals surface area contributed by atoms with Crippen molar-refractivity contribution >= 4 is 17.6 Å². The molecule has 0 spiro atoms. The molecule has 0 aromatic carbocycles. The van der Waals surface area contributed by atoms with E-state index in [0.29, 0.717) is 35.5 Å². The lowest BCUT2D eigenvalue weighted by atomic mass is 9.88. The van der Waals surface area contributed by atoms with Gasteiger partial charge in [0.15, 0.2) is 5.82 Å². The van der Waals surface area contributed by atoms with Gasteiger partial charge in [-0.3, -0.25) is 19.1 Å². The van der Waals surface area contributed by atoms with Crippen LogP contribution in [0.1, 0.15) is 61.6 Å². The molecule has 3 aromatic heterocycles. The predicted octanol–water partition coefficient (Wildman–Crippen LogP) is 2.57. The smallest absolute Gasteiger partial charge is 0.270 e. The largest absolute Gasteiger partial charge is 0.339 e. The number of amides is 2. The molecular weight excluding hydrogens is 446 g/mol. The van der Waals surface area contributed by atoms with Gasteiger partial charge in [0.05, 0.1) is 12.9 Å². The number of carbonyl (C=O) groups excluding carboxylic acids is 2. The SMILES string of the molecule is CC(C)n1nccc1C(=O)N[C@H](C(=O)Nc1cn(Cc2ccc[nH]c2=O)cn1)C(C1CC1)C1CC1. The number of H-pyrrole nitrogens is 1. The van der Waals surface area contributed by atoms with Gasteiger partial charge in [0.1, 0.15) is 11.7 Å². The fourth-order valence-corrected chi connectivity index (χ4v) is 4.84. The second-order valence-electron chi connectivity index (χ2n) is 9.90. The van der Waals surface area contributed by atoms with E-state index in [9.17, 15) is 14.4 Å². The Balaban J connectivity index is 1.33. The summed E-state index contributed by atoms with van der Waals surface area (Å²) in [4.78, 5) is 45.7. The van der Waals surface area contributed by atoms with Crippen LogP contribution in [-0.2, 0) is 11.3 Å². The van der Waals surface area contributed by atoms with E-state index in [1.54, 1.807) is 52.4 Å². The highest BCUT2D eigenvalue weighted by Gasteiger charge is 2.48. The number of imidazole rings is 1. The molecule has 0 aliphatic heterocycles. The van der Waals surface area contributed by atoms with Gasteiger partial charge in [0.25, 0.3) is 11.5 Å². The molecular formula is C25H31N7O3. The minimum atomic E-state index is -0.653. The van der Waals surface area contributed by atoms with Crippen molar-refractivity contribution in [2.75, 3.05) is 5.32 Å². The lowest BCUT2D eigenvalue weighted by Gasteiger charge is -2.27. The second-order valence-corrected chi connectivity index (χ2v) is 9.90. The summed E-state index contributed by atoms with van der Waals surface area (Å²) in [7, 11) is 0. The average Bonchev–Trinajstić information content (AvgIpc) is 3.75. The Morgan fingerprint density at radius 1 is 1.17 bits per heavy atom. The highest BCUT2D eigenvalue weighted by molar-refractivity contribution is 6.00. The van der Waals surface area contributed by atoms with Crippen LogP contribution in [0, 0.1) is 17.8 Å². The molecule has 10 nitrogen and oxygen atoms in total. The number of pyridine rings is 1. The molecule has 2 saturated carbocycles. The Bertz CT molecular complexity index is 1250. The lowest BCUT2D eigenvalue weighted by molar-refractivity contribution is -0.119. The van der Waals surface area contributed by atoms with E-state index in [4.69, 9.17) is 0 Å². The summed E-state index contributed by atoms with van der Waals surface area (Å²) in [5.74, 6) is 0.849. The van der Waals surface area contributed by atoms with Gasteiger partial charge in [0, 0.05) is 30.2 Å². The first kappa shape index (κ1) is 23.1. The molecule has 0 saturated heterocycles. The van der Waals surface area contributed by atoms with Gasteiger partial charge in [-0.25, -0.2) is 4.98 Å². The van der Waals surface area contributed by atoms with Gasteiger partial charge in [-0.15, -0.1) is 0 Å². The average molecular weight is 478 g/mol. The van der Waals surface area contributed by atoms with E-state index in [0.717, 1.165) is 25.7 Å². The number of hydrogen-bond donors (Lipinski definition) is 3. The zero-order chi connectivity index (χ0) is 24.5. The Kier molecular flexibility index (Phi) is 6.27. The maximum atomic E-state index is 13.5. The number of anilines is 1. The lowest BCUT2D eigenvalue weighted by Crippen LogP contribution is -2.50. The number of nitrogens with zero attached hydrogens (tertiary/aromatic N) is 4. The van der Waals surface area contributed by atoms with Gasteiger partial charge in [-0.05, 0) is 69.4 Å². The van der Waals surface area contributed by atoms with Crippen LogP contribution in [0.25, 0.3) is 0 Å². The molecule has 10 heteroatoms. The van der Waals surface area contributed by atoms with Crippen molar-refractivity contribution < 1.29 is 9.59 Å². The number of hydrogen-bond acceptors (Lipinski definition) is 5. The van der Waals surface area contributed by atoms with Crippen molar-refractivity contribution in [1.82, 2.24) is 29.6 Å². The Morgan fingerprint density at radius 2 is 1.91 bits per heavy atom. The predicted molar refractivity (Wildman–Crippen MR) is 130 cm³/mol. The van der Waals surface area contributed by atoms with Crippen molar-refractivity contribution in [3.63, 3.8) is 0 Å². The quantitative estimate of drug-likeness (QED) is 0.414. The number of carbonyl (C=O) groups is 2. The zero-order valence-electron chi connectivity index (χ0n) is 20.0. The van der Waals surface area contributed by atoms with Gasteiger partial charge < -0.3 is 20.2 Å².